The maximum Gasteiger partial charge on any atom is 0.328 e. The molecule has 0 saturated carbocycles. The van der Waals surface area contributed by atoms with Gasteiger partial charge in [0.25, 0.3) is 0 Å². The van der Waals surface area contributed by atoms with Crippen molar-refractivity contribution in [2.24, 2.45) is 11.5 Å². The molecule has 0 spiro atoms. The number of primary amides is 1. The van der Waals surface area contributed by atoms with Crippen LogP contribution in [-0.2, 0) is 35.2 Å². The van der Waals surface area contributed by atoms with E-state index in [0.717, 1.165) is 6.92 Å². The van der Waals surface area contributed by atoms with Gasteiger partial charge in [0.15, 0.2) is 6.04 Å². The average Bonchev–Trinajstić information content (AvgIpc) is 2.83. The molecule has 15 heteroatoms. The Balaban J connectivity index is 3.16. The average molecular weight is 540 g/mol. The number of carboxylic acid groups (broad SMARTS) is 2. The molecule has 38 heavy (non-hydrogen) atoms. The second-order valence-corrected chi connectivity index (χ2v) is 8.60. The number of hydrogen-bond donors (Lipinski definition) is 9. The molecule has 15 nitrogen and oxygen atoms in total. The first kappa shape index (κ1) is 31.8. The lowest BCUT2D eigenvalue weighted by Crippen LogP contribution is -2.58. The predicted octanol–water partition coefficient (Wildman–Crippen LogP) is -2.69. The molecule has 11 N–H and O–H groups in total. The van der Waals surface area contributed by atoms with Crippen LogP contribution >= 0.6 is 0 Å². The van der Waals surface area contributed by atoms with Crippen LogP contribution < -0.4 is 27.4 Å². The highest BCUT2D eigenvalue weighted by molar-refractivity contribution is 5.94. The summed E-state index contributed by atoms with van der Waals surface area (Å²) in [6.45, 7) is 1.14. The zero-order chi connectivity index (χ0) is 29.0. The molecule has 5 atom stereocenters. The van der Waals surface area contributed by atoms with E-state index in [0.29, 0.717) is 5.56 Å². The minimum atomic E-state index is -1.70. The Morgan fingerprint density at radius 3 is 1.89 bits per heavy atom. The number of aliphatic carboxylic acids is 2. The SMILES string of the molecule is CC(O)C(NC(=O)C(Cc1ccc(O)cc1)NC(=O)C(CCC(=O)O)NC(=O)C(N)CCC(N)=O)C(=O)O. The van der Waals surface area contributed by atoms with Gasteiger partial charge in [-0.05, 0) is 37.5 Å². The zero-order valence-electron chi connectivity index (χ0n) is 20.6. The van der Waals surface area contributed by atoms with E-state index >= 15 is 0 Å². The quantitative estimate of drug-likeness (QED) is 0.104. The third-order valence-electron chi connectivity index (χ3n) is 5.37. The molecule has 0 bridgehead atoms. The Bertz CT molecular complexity index is 1010. The predicted molar refractivity (Wildman–Crippen MR) is 130 cm³/mol. The smallest absolute Gasteiger partial charge is 0.328 e. The molecule has 0 saturated heterocycles. The molecule has 0 aliphatic carbocycles. The van der Waals surface area contributed by atoms with E-state index < -0.39 is 72.3 Å². The third kappa shape index (κ3) is 11.2. The molecule has 0 radical (unpaired) electrons. The van der Waals surface area contributed by atoms with E-state index in [1.807, 2.05) is 0 Å². The van der Waals surface area contributed by atoms with E-state index in [1.54, 1.807) is 0 Å². The van der Waals surface area contributed by atoms with Gasteiger partial charge >= 0.3 is 11.9 Å². The second-order valence-electron chi connectivity index (χ2n) is 8.60. The number of phenolic OH excluding ortho intramolecular Hbond substituents is 1. The molecule has 0 aliphatic heterocycles. The van der Waals surface area contributed by atoms with Gasteiger partial charge in [-0.1, -0.05) is 12.1 Å². The fourth-order valence-electron chi connectivity index (χ4n) is 3.24. The largest absolute Gasteiger partial charge is 0.508 e. The number of nitrogens with one attached hydrogen (secondary N) is 3. The van der Waals surface area contributed by atoms with Crippen LogP contribution in [0.2, 0.25) is 0 Å². The fourth-order valence-corrected chi connectivity index (χ4v) is 3.24. The van der Waals surface area contributed by atoms with Crippen molar-refractivity contribution in [3.05, 3.63) is 29.8 Å². The van der Waals surface area contributed by atoms with Gasteiger partial charge in [-0.15, -0.1) is 0 Å². The summed E-state index contributed by atoms with van der Waals surface area (Å²) in [6.07, 6.45) is -2.92. The van der Waals surface area contributed by atoms with Crippen molar-refractivity contribution in [1.29, 1.82) is 0 Å². The Kier molecular flexibility index (Phi) is 12.6. The van der Waals surface area contributed by atoms with Gasteiger partial charge in [0.2, 0.25) is 23.6 Å². The summed E-state index contributed by atoms with van der Waals surface area (Å²) in [4.78, 5) is 71.9. The summed E-state index contributed by atoms with van der Waals surface area (Å²) < 4.78 is 0. The molecule has 1 rings (SSSR count). The summed E-state index contributed by atoms with van der Waals surface area (Å²) in [5.41, 5.74) is 11.2. The lowest BCUT2D eigenvalue weighted by Gasteiger charge is -2.26. The van der Waals surface area contributed by atoms with Gasteiger partial charge in [-0.3, -0.25) is 24.0 Å². The summed E-state index contributed by atoms with van der Waals surface area (Å²) in [5, 5.41) is 44.3. The molecule has 0 fully saturated rings. The Morgan fingerprint density at radius 2 is 1.39 bits per heavy atom. The first-order chi connectivity index (χ1) is 17.7. The molecule has 4 amide bonds. The number of amides is 4. The summed E-state index contributed by atoms with van der Waals surface area (Å²) in [7, 11) is 0. The van der Waals surface area contributed by atoms with Crippen LogP contribution in [0.3, 0.4) is 0 Å². The van der Waals surface area contributed by atoms with Gasteiger partial charge in [0.05, 0.1) is 12.1 Å². The van der Waals surface area contributed by atoms with Crippen LogP contribution in [0.25, 0.3) is 0 Å². The number of rotatable bonds is 16. The van der Waals surface area contributed by atoms with Gasteiger partial charge in [-0.2, -0.15) is 0 Å². The summed E-state index contributed by atoms with van der Waals surface area (Å²) in [5.74, 6) is -6.38. The maximum atomic E-state index is 13.1. The number of aromatic hydroxyl groups is 1. The van der Waals surface area contributed by atoms with Crippen molar-refractivity contribution >= 4 is 35.6 Å². The molecular formula is C23H33N5O10. The van der Waals surface area contributed by atoms with Crippen molar-refractivity contribution in [1.82, 2.24) is 16.0 Å². The van der Waals surface area contributed by atoms with Gasteiger partial charge in [0, 0.05) is 19.3 Å². The van der Waals surface area contributed by atoms with E-state index in [2.05, 4.69) is 16.0 Å². The first-order valence-corrected chi connectivity index (χ1v) is 11.6. The van der Waals surface area contributed by atoms with Crippen LogP contribution in [-0.4, -0.2) is 86.3 Å². The van der Waals surface area contributed by atoms with Crippen LogP contribution in [0, 0.1) is 0 Å². The van der Waals surface area contributed by atoms with Crippen LogP contribution in [0.4, 0.5) is 0 Å². The lowest BCUT2D eigenvalue weighted by atomic mass is 10.0. The van der Waals surface area contributed by atoms with E-state index in [9.17, 15) is 44.1 Å². The molecule has 1 aromatic carbocycles. The summed E-state index contributed by atoms with van der Waals surface area (Å²) in [6, 6.07) is -0.273. The van der Waals surface area contributed by atoms with Crippen molar-refractivity contribution in [2.75, 3.05) is 0 Å². The molecule has 1 aromatic rings. The van der Waals surface area contributed by atoms with Crippen LogP contribution in [0.5, 0.6) is 5.75 Å². The summed E-state index contributed by atoms with van der Waals surface area (Å²) >= 11 is 0. The highest BCUT2D eigenvalue weighted by Gasteiger charge is 2.32. The van der Waals surface area contributed by atoms with Gasteiger partial charge in [-0.25, -0.2) is 4.79 Å². The topological polar surface area (TPSA) is 271 Å². The third-order valence-corrected chi connectivity index (χ3v) is 5.37. The van der Waals surface area contributed by atoms with E-state index in [4.69, 9.17) is 16.6 Å². The van der Waals surface area contributed by atoms with Crippen molar-refractivity contribution < 1.29 is 49.2 Å². The Hall–Kier alpha value is -4.24. The molecule has 0 heterocycles. The van der Waals surface area contributed by atoms with E-state index in [-0.39, 0.29) is 31.4 Å². The number of phenols is 1. The van der Waals surface area contributed by atoms with Crippen LogP contribution in [0.15, 0.2) is 24.3 Å². The highest BCUT2D eigenvalue weighted by Crippen LogP contribution is 2.12. The van der Waals surface area contributed by atoms with Crippen LogP contribution in [0.1, 0.15) is 38.2 Å². The molecule has 0 aliphatic rings. The normalized spacial score (nSPS) is 14.7. The molecule has 210 valence electrons. The monoisotopic (exact) mass is 539 g/mol. The number of aliphatic hydroxyl groups is 1. The van der Waals surface area contributed by atoms with Gasteiger partial charge in [0.1, 0.15) is 17.8 Å². The van der Waals surface area contributed by atoms with Crippen molar-refractivity contribution in [3.8, 4) is 5.75 Å². The minimum absolute atomic E-state index is 0.0667. The zero-order valence-corrected chi connectivity index (χ0v) is 20.6. The molecular weight excluding hydrogens is 506 g/mol. The minimum Gasteiger partial charge on any atom is -0.508 e. The number of nitrogens with two attached hydrogens (primary N) is 2. The number of carbonyl (C=O) groups is 6. The first-order valence-electron chi connectivity index (χ1n) is 11.6. The number of hydrogen-bond acceptors (Lipinski definition) is 9. The number of carboxylic acids is 2. The number of aliphatic hydroxyl groups excluding tert-OH is 1. The standard InChI is InChI=1S/C23H33N5O10/c1-11(29)19(23(37)38)28-22(36)16(10-12-2-4-13(30)5-3-12)27-21(35)15(7-9-18(32)33)26-20(34)14(24)6-8-17(25)31/h2-5,11,14-16,19,29-30H,6-10,24H2,1H3,(H2,25,31)(H,26,34)(H,27,35)(H,28,36)(H,32,33)(H,37,38). The Morgan fingerprint density at radius 1 is 0.842 bits per heavy atom. The Labute approximate surface area is 217 Å². The van der Waals surface area contributed by atoms with E-state index in [1.165, 1.54) is 24.3 Å². The van der Waals surface area contributed by atoms with Crippen molar-refractivity contribution in [3.63, 3.8) is 0 Å². The fraction of sp³-hybridized carbons (Fsp3) is 0.478. The number of carbonyl (C=O) groups excluding carboxylic acids is 4. The lowest BCUT2D eigenvalue weighted by molar-refractivity contribution is -0.145. The van der Waals surface area contributed by atoms with Crippen molar-refractivity contribution in [2.45, 2.75) is 69.3 Å². The highest BCUT2D eigenvalue weighted by atomic mass is 16.4. The molecule has 5 unspecified atom stereocenters. The molecule has 0 aromatic heterocycles. The van der Waals surface area contributed by atoms with Gasteiger partial charge < -0.3 is 47.8 Å². The number of benzene rings is 1. The maximum absolute atomic E-state index is 13.1. The second kappa shape index (κ2) is 15.1.